The summed E-state index contributed by atoms with van der Waals surface area (Å²) in [7, 11) is 0. The third-order valence-electron chi connectivity index (χ3n) is 11.1. The Kier molecular flexibility index (Phi) is 10.4. The van der Waals surface area contributed by atoms with Gasteiger partial charge in [-0.1, -0.05) is 12.8 Å². The van der Waals surface area contributed by atoms with E-state index in [0.717, 1.165) is 44.7 Å². The molecule has 8 atom stereocenters. The molecule has 5 aliphatic rings. The van der Waals surface area contributed by atoms with E-state index in [0.29, 0.717) is 51.0 Å². The Balaban J connectivity index is 1.16. The van der Waals surface area contributed by atoms with Gasteiger partial charge in [0.15, 0.2) is 0 Å². The van der Waals surface area contributed by atoms with E-state index < -0.39 is 18.2 Å². The lowest BCUT2D eigenvalue weighted by Gasteiger charge is -2.52. The van der Waals surface area contributed by atoms with Gasteiger partial charge in [-0.25, -0.2) is 4.39 Å². The molecular formula is C31H53FN4O4. The van der Waals surface area contributed by atoms with E-state index in [-0.39, 0.29) is 48.5 Å². The molecule has 5 rings (SSSR count). The van der Waals surface area contributed by atoms with Crippen molar-refractivity contribution < 1.29 is 24.2 Å². The van der Waals surface area contributed by atoms with Crippen LogP contribution in [0.2, 0.25) is 0 Å². The summed E-state index contributed by atoms with van der Waals surface area (Å²) < 4.78 is 13.9. The van der Waals surface area contributed by atoms with Gasteiger partial charge in [0.2, 0.25) is 5.91 Å². The van der Waals surface area contributed by atoms with E-state index in [4.69, 9.17) is 10.8 Å². The van der Waals surface area contributed by atoms with Crippen LogP contribution >= 0.6 is 0 Å². The summed E-state index contributed by atoms with van der Waals surface area (Å²) in [4.78, 5) is 29.4. The number of halogens is 1. The molecule has 0 aromatic rings. The standard InChI is InChI=1S/C31H53FN4O4/c32-22-10-12-23(13-11-22)36-29(7-3-4-8-30(38)39)34-27-17-21(9-14-25(27)31(36)40)26(33)18-24(37)19-35-16-15-20-5-1-2-6-28(20)35/h20-29,34,37H,1-19,33H2,(H,38,39). The topological polar surface area (TPSA) is 119 Å². The molecule has 0 aromatic carbocycles. The molecule has 1 amide bonds. The minimum atomic E-state index is -0.791. The fraction of sp³-hybridized carbons (Fsp3) is 0.935. The first-order chi connectivity index (χ1) is 19.3. The molecule has 9 heteroatoms. The number of hydrogen-bond acceptors (Lipinski definition) is 6. The number of carbonyl (C=O) groups excluding carboxylic acids is 1. The summed E-state index contributed by atoms with van der Waals surface area (Å²) in [5.74, 6) is 0.388. The zero-order valence-corrected chi connectivity index (χ0v) is 24.3. The average Bonchev–Trinajstić information content (AvgIpc) is 3.34. The maximum atomic E-state index is 13.9. The van der Waals surface area contributed by atoms with Gasteiger partial charge < -0.3 is 20.8 Å². The summed E-state index contributed by atoms with van der Waals surface area (Å²) in [5, 5.41) is 23.9. The van der Waals surface area contributed by atoms with Gasteiger partial charge in [0.25, 0.3) is 0 Å². The third kappa shape index (κ3) is 7.19. The number of carboxylic acid groups (broad SMARTS) is 1. The van der Waals surface area contributed by atoms with Crippen molar-refractivity contribution in [2.45, 2.75) is 152 Å². The molecule has 3 aliphatic carbocycles. The van der Waals surface area contributed by atoms with Gasteiger partial charge in [-0.15, -0.1) is 0 Å². The second kappa shape index (κ2) is 13.8. The molecule has 3 saturated carbocycles. The highest BCUT2D eigenvalue weighted by molar-refractivity contribution is 5.81. The van der Waals surface area contributed by atoms with Crippen molar-refractivity contribution in [1.29, 1.82) is 0 Å². The highest BCUT2D eigenvalue weighted by Crippen LogP contribution is 2.40. The van der Waals surface area contributed by atoms with Crippen molar-refractivity contribution in [2.75, 3.05) is 13.1 Å². The number of aliphatic carboxylic acids is 1. The van der Waals surface area contributed by atoms with Gasteiger partial charge in [-0.3, -0.25) is 19.8 Å². The van der Waals surface area contributed by atoms with Crippen molar-refractivity contribution in [3.63, 3.8) is 0 Å². The monoisotopic (exact) mass is 564 g/mol. The lowest BCUT2D eigenvalue weighted by Crippen LogP contribution is -2.67. The number of unbranched alkanes of at least 4 members (excludes halogenated alkanes) is 1. The molecule has 5 N–H and O–H groups in total. The number of alkyl halides is 1. The van der Waals surface area contributed by atoms with Crippen molar-refractivity contribution in [2.24, 2.45) is 23.5 Å². The van der Waals surface area contributed by atoms with E-state index in [9.17, 15) is 19.1 Å². The maximum absolute atomic E-state index is 13.9. The first-order valence-corrected chi connectivity index (χ1v) is 16.4. The molecule has 2 aliphatic heterocycles. The van der Waals surface area contributed by atoms with Crippen LogP contribution in [0.1, 0.15) is 109 Å². The number of fused-ring (bicyclic) bond motifs is 2. The Morgan fingerprint density at radius 3 is 2.60 bits per heavy atom. The van der Waals surface area contributed by atoms with Crippen molar-refractivity contribution >= 4 is 11.9 Å². The van der Waals surface area contributed by atoms with E-state index in [1.165, 1.54) is 32.1 Å². The molecule has 0 spiro atoms. The van der Waals surface area contributed by atoms with Crippen molar-refractivity contribution in [1.82, 2.24) is 15.1 Å². The largest absolute Gasteiger partial charge is 0.481 e. The summed E-state index contributed by atoms with van der Waals surface area (Å²) >= 11 is 0. The van der Waals surface area contributed by atoms with Crippen LogP contribution in [-0.4, -0.2) is 87.6 Å². The molecule has 8 nitrogen and oxygen atoms in total. The number of aliphatic hydroxyl groups excluding tert-OH is 1. The van der Waals surface area contributed by atoms with Crippen LogP contribution in [0.5, 0.6) is 0 Å². The summed E-state index contributed by atoms with van der Waals surface area (Å²) in [5.41, 5.74) is 6.74. The third-order valence-corrected chi connectivity index (χ3v) is 11.1. The van der Waals surface area contributed by atoms with Crippen molar-refractivity contribution in [3.05, 3.63) is 0 Å². The second-order valence-corrected chi connectivity index (χ2v) is 13.7. The zero-order chi connectivity index (χ0) is 28.2. The smallest absolute Gasteiger partial charge is 0.303 e. The number of nitrogens with zero attached hydrogens (tertiary/aromatic N) is 2. The van der Waals surface area contributed by atoms with Crippen molar-refractivity contribution in [3.8, 4) is 0 Å². The number of β-amino-alcohol motifs (C(OH)–C–C–N with tert-alkyl or cyclic N) is 1. The van der Waals surface area contributed by atoms with Crippen LogP contribution in [0.25, 0.3) is 0 Å². The molecular weight excluding hydrogens is 511 g/mol. The SMILES string of the molecule is NC(CC(O)CN1CCC2CCCCC21)C1CCC2C(=O)N(C3CCC(F)CC3)C(CCCCC(=O)O)NC2C1. The number of nitrogens with two attached hydrogens (primary N) is 1. The predicted molar refractivity (Wildman–Crippen MR) is 152 cm³/mol. The normalized spacial score (nSPS) is 38.5. The van der Waals surface area contributed by atoms with Crippen LogP contribution in [0.4, 0.5) is 4.39 Å². The Bertz CT molecular complexity index is 855. The first-order valence-electron chi connectivity index (χ1n) is 16.4. The number of carbonyl (C=O) groups is 2. The van der Waals surface area contributed by atoms with E-state index in [1.54, 1.807) is 0 Å². The number of carboxylic acids is 1. The molecule has 40 heavy (non-hydrogen) atoms. The fourth-order valence-corrected chi connectivity index (χ4v) is 8.91. The van der Waals surface area contributed by atoms with E-state index in [1.807, 2.05) is 4.90 Å². The van der Waals surface area contributed by atoms with Crippen LogP contribution in [0, 0.1) is 17.8 Å². The zero-order valence-electron chi connectivity index (χ0n) is 24.3. The number of hydrogen-bond donors (Lipinski definition) is 4. The minimum absolute atomic E-state index is 0.0502. The van der Waals surface area contributed by atoms with Crippen LogP contribution in [0.3, 0.4) is 0 Å². The molecule has 8 unspecified atom stereocenters. The Morgan fingerprint density at radius 2 is 1.82 bits per heavy atom. The van der Waals surface area contributed by atoms with E-state index >= 15 is 0 Å². The van der Waals surface area contributed by atoms with Gasteiger partial charge in [0.1, 0.15) is 6.17 Å². The van der Waals surface area contributed by atoms with E-state index in [2.05, 4.69) is 10.2 Å². The van der Waals surface area contributed by atoms with Gasteiger partial charge in [-0.05, 0) is 108 Å². The molecule has 2 heterocycles. The van der Waals surface area contributed by atoms with Gasteiger partial charge >= 0.3 is 5.97 Å². The summed E-state index contributed by atoms with van der Waals surface area (Å²) in [6.45, 7) is 1.82. The second-order valence-electron chi connectivity index (χ2n) is 13.7. The molecule has 0 aromatic heterocycles. The summed E-state index contributed by atoms with van der Waals surface area (Å²) in [6, 6.07) is 0.656. The Morgan fingerprint density at radius 1 is 1.05 bits per heavy atom. The number of amides is 1. The molecule has 2 saturated heterocycles. The molecule has 5 fully saturated rings. The highest BCUT2D eigenvalue weighted by Gasteiger charge is 2.47. The van der Waals surface area contributed by atoms with Crippen LogP contribution in [0.15, 0.2) is 0 Å². The van der Waals surface area contributed by atoms with Crippen LogP contribution in [-0.2, 0) is 9.59 Å². The average molecular weight is 565 g/mol. The molecule has 228 valence electrons. The maximum Gasteiger partial charge on any atom is 0.303 e. The lowest BCUT2D eigenvalue weighted by atomic mass is 9.72. The quantitative estimate of drug-likeness (QED) is 0.282. The van der Waals surface area contributed by atoms with Gasteiger partial charge in [0, 0.05) is 37.1 Å². The lowest BCUT2D eigenvalue weighted by molar-refractivity contribution is -0.153. The number of likely N-dealkylation sites (tertiary alicyclic amines) is 1. The molecule has 0 bridgehead atoms. The van der Waals surface area contributed by atoms with Crippen LogP contribution < -0.4 is 11.1 Å². The first kappa shape index (κ1) is 30.2. The number of nitrogens with one attached hydrogen (secondary N) is 1. The fourth-order valence-electron chi connectivity index (χ4n) is 8.91. The number of aliphatic hydroxyl groups is 1. The molecule has 0 radical (unpaired) electrons. The minimum Gasteiger partial charge on any atom is -0.481 e. The summed E-state index contributed by atoms with van der Waals surface area (Å²) in [6.07, 6.45) is 12.9. The Labute approximate surface area is 239 Å². The van der Waals surface area contributed by atoms with Gasteiger partial charge in [0.05, 0.1) is 18.2 Å². The number of rotatable bonds is 11. The highest BCUT2D eigenvalue weighted by atomic mass is 19.1. The predicted octanol–water partition coefficient (Wildman–Crippen LogP) is 3.80. The van der Waals surface area contributed by atoms with Gasteiger partial charge in [-0.2, -0.15) is 0 Å². The Hall–Kier alpha value is -1.29.